The van der Waals surface area contributed by atoms with Crippen molar-refractivity contribution in [2.45, 2.75) is 26.9 Å². The van der Waals surface area contributed by atoms with Crippen LogP contribution in [0.4, 0.5) is 16.3 Å². The number of anilines is 2. The number of nitrogens with zero attached hydrogens (tertiary/aromatic N) is 4. The lowest BCUT2D eigenvalue weighted by Crippen LogP contribution is -2.50. The van der Waals surface area contributed by atoms with E-state index in [2.05, 4.69) is 20.2 Å². The fourth-order valence-electron chi connectivity index (χ4n) is 2.90. The highest BCUT2D eigenvalue weighted by atomic mass is 35.5. The molecule has 0 saturated carbocycles. The SMILES string of the molecule is Cc1nc(OC(C)C)cc(N2CCN(C(=O)Nc3cccc(Cl)c3)CC2)n1. The Balaban J connectivity index is 1.60. The van der Waals surface area contributed by atoms with Crippen molar-refractivity contribution in [2.75, 3.05) is 36.4 Å². The Bertz CT molecular complexity index is 806. The summed E-state index contributed by atoms with van der Waals surface area (Å²) in [5, 5.41) is 3.48. The highest BCUT2D eigenvalue weighted by Crippen LogP contribution is 2.21. The molecular weight excluding hydrogens is 366 g/mol. The molecule has 2 amide bonds. The van der Waals surface area contributed by atoms with Crippen LogP contribution in [0.5, 0.6) is 5.88 Å². The molecule has 0 radical (unpaired) electrons. The maximum Gasteiger partial charge on any atom is 0.321 e. The van der Waals surface area contributed by atoms with Crippen molar-refractivity contribution in [2.24, 2.45) is 0 Å². The maximum atomic E-state index is 12.5. The van der Waals surface area contributed by atoms with Crippen LogP contribution in [0.1, 0.15) is 19.7 Å². The summed E-state index contributed by atoms with van der Waals surface area (Å²) in [7, 11) is 0. The lowest BCUT2D eigenvalue weighted by molar-refractivity contribution is 0.208. The van der Waals surface area contributed by atoms with Crippen molar-refractivity contribution < 1.29 is 9.53 Å². The number of nitrogens with one attached hydrogen (secondary N) is 1. The number of rotatable bonds is 4. The Morgan fingerprint density at radius 1 is 1.19 bits per heavy atom. The average Bonchev–Trinajstić information content (AvgIpc) is 2.61. The van der Waals surface area contributed by atoms with Crippen molar-refractivity contribution in [3.8, 4) is 5.88 Å². The average molecular weight is 390 g/mol. The van der Waals surface area contributed by atoms with Gasteiger partial charge in [0.2, 0.25) is 5.88 Å². The molecule has 2 heterocycles. The van der Waals surface area contributed by atoms with E-state index < -0.39 is 0 Å². The number of hydrogen-bond acceptors (Lipinski definition) is 5. The molecule has 27 heavy (non-hydrogen) atoms. The topological polar surface area (TPSA) is 70.6 Å². The number of hydrogen-bond donors (Lipinski definition) is 1. The molecule has 8 heteroatoms. The van der Waals surface area contributed by atoms with Crippen molar-refractivity contribution in [3.05, 3.63) is 41.2 Å². The fourth-order valence-corrected chi connectivity index (χ4v) is 3.09. The third kappa shape index (κ3) is 5.23. The zero-order valence-corrected chi connectivity index (χ0v) is 16.5. The van der Waals surface area contributed by atoms with Crippen LogP contribution in [0.3, 0.4) is 0 Å². The van der Waals surface area contributed by atoms with E-state index in [4.69, 9.17) is 16.3 Å². The molecule has 1 aliphatic rings. The van der Waals surface area contributed by atoms with Gasteiger partial charge in [-0.3, -0.25) is 0 Å². The van der Waals surface area contributed by atoms with Gasteiger partial charge >= 0.3 is 6.03 Å². The van der Waals surface area contributed by atoms with Crippen LogP contribution >= 0.6 is 11.6 Å². The standard InChI is InChI=1S/C19H24ClN5O2/c1-13(2)27-18-12-17(21-14(3)22-18)24-7-9-25(10-8-24)19(26)23-16-6-4-5-15(20)11-16/h4-6,11-13H,7-10H2,1-3H3,(H,23,26). The predicted octanol–water partition coefficient (Wildman–Crippen LogP) is 3.58. The minimum atomic E-state index is -0.125. The molecule has 1 aromatic carbocycles. The second-order valence-corrected chi connectivity index (χ2v) is 7.13. The van der Waals surface area contributed by atoms with Crippen LogP contribution in [0, 0.1) is 6.92 Å². The van der Waals surface area contributed by atoms with E-state index in [-0.39, 0.29) is 12.1 Å². The monoisotopic (exact) mass is 389 g/mol. The summed E-state index contributed by atoms with van der Waals surface area (Å²) in [6.45, 7) is 8.39. The smallest absolute Gasteiger partial charge is 0.321 e. The van der Waals surface area contributed by atoms with Gasteiger partial charge in [0.1, 0.15) is 11.6 Å². The third-order valence-electron chi connectivity index (χ3n) is 4.12. The summed E-state index contributed by atoms with van der Waals surface area (Å²) in [5.41, 5.74) is 0.692. The van der Waals surface area contributed by atoms with Gasteiger partial charge in [-0.25, -0.2) is 9.78 Å². The first kappa shape index (κ1) is 19.2. The lowest BCUT2D eigenvalue weighted by atomic mass is 10.3. The number of aromatic nitrogens is 2. The van der Waals surface area contributed by atoms with E-state index in [1.165, 1.54) is 0 Å². The number of carbonyl (C=O) groups is 1. The number of amides is 2. The van der Waals surface area contributed by atoms with E-state index in [1.54, 1.807) is 17.0 Å². The quantitative estimate of drug-likeness (QED) is 0.865. The Morgan fingerprint density at radius 3 is 2.59 bits per heavy atom. The predicted molar refractivity (Wildman–Crippen MR) is 107 cm³/mol. The van der Waals surface area contributed by atoms with Gasteiger partial charge in [-0.15, -0.1) is 0 Å². The molecule has 7 nitrogen and oxygen atoms in total. The van der Waals surface area contributed by atoms with Crippen molar-refractivity contribution in [1.29, 1.82) is 0 Å². The van der Waals surface area contributed by atoms with E-state index in [1.807, 2.05) is 39.0 Å². The Hall–Kier alpha value is -2.54. The van der Waals surface area contributed by atoms with Crippen LogP contribution in [0.15, 0.2) is 30.3 Å². The first-order chi connectivity index (χ1) is 12.9. The zero-order chi connectivity index (χ0) is 19.4. The van der Waals surface area contributed by atoms with Gasteiger partial charge in [0.25, 0.3) is 0 Å². The molecular formula is C19H24ClN5O2. The van der Waals surface area contributed by atoms with Crippen molar-refractivity contribution >= 4 is 29.1 Å². The number of piperazine rings is 1. The van der Waals surface area contributed by atoms with Gasteiger partial charge in [-0.2, -0.15) is 4.98 Å². The first-order valence-corrected chi connectivity index (χ1v) is 9.37. The summed E-state index contributed by atoms with van der Waals surface area (Å²) < 4.78 is 5.70. The van der Waals surface area contributed by atoms with E-state index >= 15 is 0 Å². The molecule has 3 rings (SSSR count). The van der Waals surface area contributed by atoms with Crippen molar-refractivity contribution in [1.82, 2.24) is 14.9 Å². The molecule has 1 aromatic heterocycles. The molecule has 2 aromatic rings. The summed E-state index contributed by atoms with van der Waals surface area (Å²) in [6.07, 6.45) is 0.0548. The molecule has 1 N–H and O–H groups in total. The van der Waals surface area contributed by atoms with Crippen LogP contribution in [0.25, 0.3) is 0 Å². The molecule has 0 unspecified atom stereocenters. The highest BCUT2D eigenvalue weighted by Gasteiger charge is 2.23. The number of carbonyl (C=O) groups excluding carboxylic acids is 1. The Morgan fingerprint density at radius 2 is 1.93 bits per heavy atom. The van der Waals surface area contributed by atoms with Gasteiger partial charge < -0.3 is 19.9 Å². The molecule has 1 saturated heterocycles. The number of ether oxygens (including phenoxy) is 1. The molecule has 1 aliphatic heterocycles. The number of halogens is 1. The van der Waals surface area contributed by atoms with E-state index in [0.29, 0.717) is 48.6 Å². The van der Waals surface area contributed by atoms with Gasteiger partial charge in [0.15, 0.2) is 0 Å². The zero-order valence-electron chi connectivity index (χ0n) is 15.8. The van der Waals surface area contributed by atoms with Crippen LogP contribution < -0.4 is 15.0 Å². The summed E-state index contributed by atoms with van der Waals surface area (Å²) in [5.74, 6) is 2.07. The number of aryl methyl sites for hydroxylation is 1. The Kier molecular flexibility index (Phi) is 6.01. The number of benzene rings is 1. The lowest BCUT2D eigenvalue weighted by Gasteiger charge is -2.35. The molecule has 0 bridgehead atoms. The fraction of sp³-hybridized carbons (Fsp3) is 0.421. The maximum absolute atomic E-state index is 12.5. The molecule has 0 aliphatic carbocycles. The van der Waals surface area contributed by atoms with Crippen molar-refractivity contribution in [3.63, 3.8) is 0 Å². The minimum absolute atomic E-state index is 0.0548. The molecule has 1 fully saturated rings. The van der Waals surface area contributed by atoms with Gasteiger partial charge in [0.05, 0.1) is 6.10 Å². The van der Waals surface area contributed by atoms with Crippen LogP contribution in [0.2, 0.25) is 5.02 Å². The molecule has 0 atom stereocenters. The van der Waals surface area contributed by atoms with Gasteiger partial charge in [-0.1, -0.05) is 17.7 Å². The Labute approximate surface area is 164 Å². The number of urea groups is 1. The van der Waals surface area contributed by atoms with E-state index in [0.717, 1.165) is 5.82 Å². The largest absolute Gasteiger partial charge is 0.475 e. The van der Waals surface area contributed by atoms with E-state index in [9.17, 15) is 4.79 Å². The second-order valence-electron chi connectivity index (χ2n) is 6.69. The molecule has 0 spiro atoms. The third-order valence-corrected chi connectivity index (χ3v) is 4.36. The normalized spacial score (nSPS) is 14.4. The summed E-state index contributed by atoms with van der Waals surface area (Å²) >= 11 is 5.96. The van der Waals surface area contributed by atoms with Gasteiger partial charge in [-0.05, 0) is 39.0 Å². The first-order valence-electron chi connectivity index (χ1n) is 8.99. The van der Waals surface area contributed by atoms with Gasteiger partial charge in [0, 0.05) is 43.0 Å². The minimum Gasteiger partial charge on any atom is -0.475 e. The summed E-state index contributed by atoms with van der Waals surface area (Å²) in [6, 6.07) is 8.87. The van der Waals surface area contributed by atoms with Crippen LogP contribution in [-0.2, 0) is 0 Å². The highest BCUT2D eigenvalue weighted by molar-refractivity contribution is 6.30. The molecule has 144 valence electrons. The van der Waals surface area contributed by atoms with Crippen LogP contribution in [-0.4, -0.2) is 53.2 Å². The summed E-state index contributed by atoms with van der Waals surface area (Å²) in [4.78, 5) is 25.2. The second kappa shape index (κ2) is 8.43.